The minimum Gasteiger partial charge on any atom is -0.494 e. The smallest absolute Gasteiger partial charge is 0.122 e. The van der Waals surface area contributed by atoms with Crippen LogP contribution in [0.5, 0.6) is 5.75 Å². The molecule has 0 spiro atoms. The molecule has 0 saturated carbocycles. The van der Waals surface area contributed by atoms with Crippen LogP contribution in [0.3, 0.4) is 0 Å². The molecular weight excluding hydrogens is 200 g/mol. The molecular formula is C13H22N2O. The van der Waals surface area contributed by atoms with Gasteiger partial charge in [0.05, 0.1) is 6.61 Å². The third kappa shape index (κ3) is 3.51. The first-order valence-corrected chi connectivity index (χ1v) is 5.83. The molecule has 0 amide bonds. The van der Waals surface area contributed by atoms with Crippen LogP contribution in [0.25, 0.3) is 0 Å². The fourth-order valence-corrected chi connectivity index (χ4v) is 1.74. The van der Waals surface area contributed by atoms with Crippen molar-refractivity contribution in [3.63, 3.8) is 0 Å². The summed E-state index contributed by atoms with van der Waals surface area (Å²) in [4.78, 5) is 0. The van der Waals surface area contributed by atoms with Crippen LogP contribution in [-0.4, -0.2) is 19.7 Å². The summed E-state index contributed by atoms with van der Waals surface area (Å²) >= 11 is 0. The van der Waals surface area contributed by atoms with Crippen LogP contribution in [0.15, 0.2) is 18.2 Å². The summed E-state index contributed by atoms with van der Waals surface area (Å²) in [5.41, 5.74) is 13.8. The number of hydrogen-bond acceptors (Lipinski definition) is 3. The molecule has 90 valence electrons. The van der Waals surface area contributed by atoms with Gasteiger partial charge in [-0.05, 0) is 50.9 Å². The first-order chi connectivity index (χ1) is 7.71. The van der Waals surface area contributed by atoms with E-state index in [1.807, 2.05) is 13.0 Å². The number of rotatable bonds is 6. The predicted molar refractivity (Wildman–Crippen MR) is 67.7 cm³/mol. The normalized spacial score (nSPS) is 10.8. The van der Waals surface area contributed by atoms with E-state index in [0.29, 0.717) is 25.6 Å². The van der Waals surface area contributed by atoms with Crippen molar-refractivity contribution in [1.82, 2.24) is 0 Å². The molecule has 0 fully saturated rings. The second-order valence-corrected chi connectivity index (χ2v) is 4.09. The Hall–Kier alpha value is -1.06. The van der Waals surface area contributed by atoms with Crippen LogP contribution < -0.4 is 16.2 Å². The second-order valence-electron chi connectivity index (χ2n) is 4.09. The molecule has 0 saturated heterocycles. The standard InChI is InChI=1S/C13H22N2O/c1-3-16-13-5-4-10(2)6-12(13)7-11(8-14)9-15/h4-6,11H,3,7-9,14-15H2,1-2H3. The van der Waals surface area contributed by atoms with Crippen LogP contribution in [0, 0.1) is 12.8 Å². The van der Waals surface area contributed by atoms with Crippen molar-refractivity contribution >= 4 is 0 Å². The topological polar surface area (TPSA) is 61.3 Å². The molecule has 0 aliphatic carbocycles. The van der Waals surface area contributed by atoms with Crippen molar-refractivity contribution in [2.45, 2.75) is 20.3 Å². The highest BCUT2D eigenvalue weighted by Gasteiger charge is 2.10. The number of nitrogens with two attached hydrogens (primary N) is 2. The van der Waals surface area contributed by atoms with Gasteiger partial charge in [-0.25, -0.2) is 0 Å². The zero-order valence-corrected chi connectivity index (χ0v) is 10.2. The van der Waals surface area contributed by atoms with Crippen LogP contribution in [-0.2, 0) is 6.42 Å². The summed E-state index contributed by atoms with van der Waals surface area (Å²) in [5, 5.41) is 0. The average Bonchev–Trinajstić information content (AvgIpc) is 2.29. The van der Waals surface area contributed by atoms with E-state index in [1.165, 1.54) is 11.1 Å². The highest BCUT2D eigenvalue weighted by Crippen LogP contribution is 2.22. The summed E-state index contributed by atoms with van der Waals surface area (Å²) in [6, 6.07) is 6.25. The van der Waals surface area contributed by atoms with Gasteiger partial charge in [0.25, 0.3) is 0 Å². The van der Waals surface area contributed by atoms with E-state index in [-0.39, 0.29) is 0 Å². The number of aryl methyl sites for hydroxylation is 1. The Bertz CT molecular complexity index is 322. The van der Waals surface area contributed by atoms with Crippen molar-refractivity contribution in [2.24, 2.45) is 17.4 Å². The molecule has 1 aromatic carbocycles. The van der Waals surface area contributed by atoms with Gasteiger partial charge < -0.3 is 16.2 Å². The monoisotopic (exact) mass is 222 g/mol. The maximum Gasteiger partial charge on any atom is 0.122 e. The fraction of sp³-hybridized carbons (Fsp3) is 0.538. The first kappa shape index (κ1) is 13.0. The van der Waals surface area contributed by atoms with E-state index >= 15 is 0 Å². The number of benzene rings is 1. The molecule has 0 heterocycles. The summed E-state index contributed by atoms with van der Waals surface area (Å²) in [7, 11) is 0. The van der Waals surface area contributed by atoms with Crippen LogP contribution >= 0.6 is 0 Å². The van der Waals surface area contributed by atoms with Gasteiger partial charge in [0.1, 0.15) is 5.75 Å². The van der Waals surface area contributed by atoms with Gasteiger partial charge in [-0.2, -0.15) is 0 Å². The fourth-order valence-electron chi connectivity index (χ4n) is 1.74. The van der Waals surface area contributed by atoms with Crippen molar-refractivity contribution in [1.29, 1.82) is 0 Å². The molecule has 1 aromatic rings. The molecule has 0 aromatic heterocycles. The van der Waals surface area contributed by atoms with Crippen molar-refractivity contribution in [3.8, 4) is 5.75 Å². The third-order valence-electron chi connectivity index (χ3n) is 2.69. The van der Waals surface area contributed by atoms with Gasteiger partial charge >= 0.3 is 0 Å². The minimum atomic E-state index is 0.334. The zero-order chi connectivity index (χ0) is 12.0. The maximum absolute atomic E-state index is 5.67. The van der Waals surface area contributed by atoms with Crippen molar-refractivity contribution in [3.05, 3.63) is 29.3 Å². The van der Waals surface area contributed by atoms with Gasteiger partial charge in [0, 0.05) is 0 Å². The lowest BCUT2D eigenvalue weighted by molar-refractivity contribution is 0.334. The van der Waals surface area contributed by atoms with E-state index in [9.17, 15) is 0 Å². The Balaban J connectivity index is 2.86. The predicted octanol–water partition coefficient (Wildman–Crippen LogP) is 1.47. The number of hydrogen-bond donors (Lipinski definition) is 2. The Kier molecular flexibility index (Phi) is 5.29. The number of ether oxygens (including phenoxy) is 1. The van der Waals surface area contributed by atoms with Crippen LogP contribution in [0.1, 0.15) is 18.1 Å². The molecule has 0 radical (unpaired) electrons. The Labute approximate surface area is 97.8 Å². The Morgan fingerprint density at radius 3 is 2.50 bits per heavy atom. The largest absolute Gasteiger partial charge is 0.494 e. The van der Waals surface area contributed by atoms with Crippen molar-refractivity contribution < 1.29 is 4.74 Å². The lowest BCUT2D eigenvalue weighted by Crippen LogP contribution is -2.25. The van der Waals surface area contributed by atoms with Gasteiger partial charge in [-0.15, -0.1) is 0 Å². The summed E-state index contributed by atoms with van der Waals surface area (Å²) in [6.07, 6.45) is 0.893. The van der Waals surface area contributed by atoms with E-state index in [2.05, 4.69) is 19.1 Å². The van der Waals surface area contributed by atoms with Gasteiger partial charge in [0.2, 0.25) is 0 Å². The van der Waals surface area contributed by atoms with E-state index in [0.717, 1.165) is 12.2 Å². The molecule has 0 aliphatic rings. The van der Waals surface area contributed by atoms with E-state index in [4.69, 9.17) is 16.2 Å². The first-order valence-electron chi connectivity index (χ1n) is 5.83. The molecule has 4 N–H and O–H groups in total. The lowest BCUT2D eigenvalue weighted by Gasteiger charge is -2.16. The Morgan fingerprint density at radius 1 is 1.25 bits per heavy atom. The second kappa shape index (κ2) is 6.51. The summed E-state index contributed by atoms with van der Waals surface area (Å²) < 4.78 is 5.60. The molecule has 1 rings (SSSR count). The molecule has 0 aliphatic heterocycles. The highest BCUT2D eigenvalue weighted by atomic mass is 16.5. The molecule has 3 nitrogen and oxygen atoms in total. The van der Waals surface area contributed by atoms with E-state index in [1.54, 1.807) is 0 Å². The van der Waals surface area contributed by atoms with Gasteiger partial charge in [-0.1, -0.05) is 17.7 Å². The molecule has 0 unspecified atom stereocenters. The van der Waals surface area contributed by atoms with Crippen LogP contribution in [0.4, 0.5) is 0 Å². The maximum atomic E-state index is 5.67. The summed E-state index contributed by atoms with van der Waals surface area (Å²) in [5.74, 6) is 1.29. The SMILES string of the molecule is CCOc1ccc(C)cc1CC(CN)CN. The molecule has 0 bridgehead atoms. The highest BCUT2D eigenvalue weighted by molar-refractivity contribution is 5.37. The van der Waals surface area contributed by atoms with Gasteiger partial charge in [0.15, 0.2) is 0 Å². The molecule has 0 atom stereocenters. The average molecular weight is 222 g/mol. The quantitative estimate of drug-likeness (QED) is 0.766. The zero-order valence-electron chi connectivity index (χ0n) is 10.2. The molecule has 3 heteroatoms. The van der Waals surface area contributed by atoms with Crippen LogP contribution in [0.2, 0.25) is 0 Å². The Morgan fingerprint density at radius 2 is 1.94 bits per heavy atom. The summed E-state index contributed by atoms with van der Waals surface area (Å²) in [6.45, 7) is 6.00. The van der Waals surface area contributed by atoms with Crippen molar-refractivity contribution in [2.75, 3.05) is 19.7 Å². The molecule has 16 heavy (non-hydrogen) atoms. The lowest BCUT2D eigenvalue weighted by atomic mass is 9.97. The van der Waals surface area contributed by atoms with Gasteiger partial charge in [-0.3, -0.25) is 0 Å². The third-order valence-corrected chi connectivity index (χ3v) is 2.69. The minimum absolute atomic E-state index is 0.334. The van der Waals surface area contributed by atoms with E-state index < -0.39 is 0 Å².